The van der Waals surface area contributed by atoms with Gasteiger partial charge >= 0.3 is 0 Å². The maximum absolute atomic E-state index is 9.74. The Morgan fingerprint density at radius 2 is 2.00 bits per heavy atom. The molecule has 4 heteroatoms. The third-order valence-electron chi connectivity index (χ3n) is 3.23. The first-order valence-corrected chi connectivity index (χ1v) is 6.36. The van der Waals surface area contributed by atoms with Gasteiger partial charge in [-0.25, -0.2) is 4.98 Å². The molecule has 1 aromatic carbocycles. The number of aliphatic hydroxyl groups excluding tert-OH is 1. The van der Waals surface area contributed by atoms with Gasteiger partial charge in [-0.1, -0.05) is 19.1 Å². The second kappa shape index (κ2) is 4.82. The summed E-state index contributed by atoms with van der Waals surface area (Å²) in [5.41, 5.74) is 3.66. The molecule has 0 aliphatic carbocycles. The normalized spacial score (nSPS) is 12.7. The van der Waals surface area contributed by atoms with Gasteiger partial charge in [0.1, 0.15) is 6.33 Å². The van der Waals surface area contributed by atoms with Gasteiger partial charge in [0.2, 0.25) is 0 Å². The average molecular weight is 253 g/mol. The Balaban J connectivity index is 2.02. The topological polar surface area (TPSA) is 50.9 Å². The molecule has 0 saturated heterocycles. The first-order chi connectivity index (χ1) is 9.29. The molecule has 1 N–H and O–H groups in total. The van der Waals surface area contributed by atoms with Gasteiger partial charge in [0.05, 0.1) is 34.7 Å². The van der Waals surface area contributed by atoms with Crippen LogP contribution in [0.2, 0.25) is 0 Å². The number of fused-ring (bicyclic) bond motifs is 1. The molecule has 0 bridgehead atoms. The van der Waals surface area contributed by atoms with E-state index in [4.69, 9.17) is 0 Å². The molecule has 19 heavy (non-hydrogen) atoms. The van der Waals surface area contributed by atoms with Gasteiger partial charge in [-0.05, 0) is 30.7 Å². The van der Waals surface area contributed by atoms with Crippen LogP contribution in [0.5, 0.6) is 0 Å². The second-order valence-electron chi connectivity index (χ2n) is 4.47. The maximum Gasteiger partial charge on any atom is 0.100 e. The Bertz CT molecular complexity index is 688. The number of aromatic nitrogens is 3. The highest BCUT2D eigenvalue weighted by molar-refractivity contribution is 5.77. The van der Waals surface area contributed by atoms with E-state index >= 15 is 0 Å². The Hall–Kier alpha value is -2.20. The predicted octanol–water partition coefficient (Wildman–Crippen LogP) is 2.86. The molecule has 96 valence electrons. The lowest BCUT2D eigenvalue weighted by atomic mass is 10.2. The third kappa shape index (κ3) is 2.11. The van der Waals surface area contributed by atoms with Gasteiger partial charge in [-0.3, -0.25) is 9.55 Å². The first-order valence-electron chi connectivity index (χ1n) is 6.36. The molecule has 0 fully saturated rings. The summed E-state index contributed by atoms with van der Waals surface area (Å²) < 4.78 is 1.99. The van der Waals surface area contributed by atoms with Crippen molar-refractivity contribution in [3.8, 4) is 5.69 Å². The number of para-hydroxylation sites is 2. The van der Waals surface area contributed by atoms with E-state index in [0.717, 1.165) is 16.7 Å². The highest BCUT2D eigenvalue weighted by atomic mass is 16.3. The number of rotatable bonds is 3. The summed E-state index contributed by atoms with van der Waals surface area (Å²) in [4.78, 5) is 8.67. The van der Waals surface area contributed by atoms with Crippen molar-refractivity contribution < 1.29 is 5.11 Å². The second-order valence-corrected chi connectivity index (χ2v) is 4.47. The minimum Gasteiger partial charge on any atom is -0.387 e. The summed E-state index contributed by atoms with van der Waals surface area (Å²) in [7, 11) is 0. The number of hydrogen-bond acceptors (Lipinski definition) is 3. The molecule has 3 aromatic rings. The Morgan fingerprint density at radius 3 is 2.74 bits per heavy atom. The summed E-state index contributed by atoms with van der Waals surface area (Å²) in [6.45, 7) is 1.93. The van der Waals surface area contributed by atoms with Crippen molar-refractivity contribution in [1.82, 2.24) is 14.5 Å². The van der Waals surface area contributed by atoms with Crippen LogP contribution in [0.3, 0.4) is 0 Å². The van der Waals surface area contributed by atoms with Gasteiger partial charge in [-0.15, -0.1) is 0 Å². The third-order valence-corrected chi connectivity index (χ3v) is 3.23. The van der Waals surface area contributed by atoms with E-state index in [1.165, 1.54) is 0 Å². The molecule has 0 unspecified atom stereocenters. The van der Waals surface area contributed by atoms with E-state index in [2.05, 4.69) is 9.97 Å². The van der Waals surface area contributed by atoms with Crippen LogP contribution in [0.1, 0.15) is 25.1 Å². The van der Waals surface area contributed by atoms with E-state index in [1.807, 2.05) is 47.9 Å². The van der Waals surface area contributed by atoms with Gasteiger partial charge in [0.15, 0.2) is 0 Å². The summed E-state index contributed by atoms with van der Waals surface area (Å²) in [5.74, 6) is 0. The van der Waals surface area contributed by atoms with Gasteiger partial charge < -0.3 is 5.11 Å². The van der Waals surface area contributed by atoms with Gasteiger partial charge in [0, 0.05) is 0 Å². The van der Waals surface area contributed by atoms with Crippen LogP contribution in [0.4, 0.5) is 0 Å². The molecule has 0 spiro atoms. The van der Waals surface area contributed by atoms with Crippen LogP contribution in [0.15, 0.2) is 48.9 Å². The number of benzene rings is 1. The minimum absolute atomic E-state index is 0.492. The number of nitrogens with zero attached hydrogens (tertiary/aromatic N) is 3. The fraction of sp³-hybridized carbons (Fsp3) is 0.200. The maximum atomic E-state index is 9.74. The van der Waals surface area contributed by atoms with Crippen LogP contribution >= 0.6 is 0 Å². The SMILES string of the molecule is CC[C@@H](O)c1ccc(-n2cnc3ccccc32)cn1. The largest absolute Gasteiger partial charge is 0.387 e. The van der Waals surface area contributed by atoms with E-state index in [1.54, 1.807) is 12.5 Å². The molecule has 3 rings (SSSR count). The van der Waals surface area contributed by atoms with Crippen molar-refractivity contribution in [3.05, 3.63) is 54.6 Å². The number of imidazole rings is 1. The van der Waals surface area contributed by atoms with Crippen molar-refractivity contribution in [1.29, 1.82) is 0 Å². The fourth-order valence-electron chi connectivity index (χ4n) is 2.11. The fourth-order valence-corrected chi connectivity index (χ4v) is 2.11. The molecule has 0 amide bonds. The monoisotopic (exact) mass is 253 g/mol. The van der Waals surface area contributed by atoms with Gasteiger partial charge in [0.25, 0.3) is 0 Å². The number of hydrogen-bond donors (Lipinski definition) is 1. The minimum atomic E-state index is -0.492. The molecular formula is C15H15N3O. The summed E-state index contributed by atoms with van der Waals surface area (Å²) in [6.07, 6.45) is 3.73. The molecule has 0 aliphatic heterocycles. The number of pyridine rings is 1. The highest BCUT2D eigenvalue weighted by Gasteiger charge is 2.08. The standard InChI is InChI=1S/C15H15N3O/c1-2-15(19)13-8-7-11(9-16-13)18-10-17-12-5-3-4-6-14(12)18/h3-10,15,19H,2H2,1H3/t15-/m1/s1. The Labute approximate surface area is 111 Å². The summed E-state index contributed by atoms with van der Waals surface area (Å²) in [5, 5.41) is 9.74. The van der Waals surface area contributed by atoms with Crippen LogP contribution in [0, 0.1) is 0 Å². The van der Waals surface area contributed by atoms with Crippen molar-refractivity contribution in [3.63, 3.8) is 0 Å². The predicted molar refractivity (Wildman–Crippen MR) is 74.1 cm³/mol. The van der Waals surface area contributed by atoms with E-state index < -0.39 is 6.10 Å². The quantitative estimate of drug-likeness (QED) is 0.780. The Kier molecular flexibility index (Phi) is 3.01. The number of aliphatic hydroxyl groups is 1. The zero-order valence-electron chi connectivity index (χ0n) is 10.7. The lowest BCUT2D eigenvalue weighted by molar-refractivity contribution is 0.169. The smallest absolute Gasteiger partial charge is 0.100 e. The van der Waals surface area contributed by atoms with E-state index in [-0.39, 0.29) is 0 Å². The van der Waals surface area contributed by atoms with Crippen LogP contribution in [0.25, 0.3) is 16.7 Å². The first kappa shape index (κ1) is 11.9. The van der Waals surface area contributed by atoms with Gasteiger partial charge in [-0.2, -0.15) is 0 Å². The van der Waals surface area contributed by atoms with Crippen LogP contribution in [-0.2, 0) is 0 Å². The zero-order valence-corrected chi connectivity index (χ0v) is 10.7. The van der Waals surface area contributed by atoms with Crippen LogP contribution in [-0.4, -0.2) is 19.6 Å². The molecule has 0 radical (unpaired) electrons. The highest BCUT2D eigenvalue weighted by Crippen LogP contribution is 2.19. The molecule has 2 aromatic heterocycles. The molecule has 4 nitrogen and oxygen atoms in total. The van der Waals surface area contributed by atoms with E-state index in [9.17, 15) is 5.11 Å². The molecule has 1 atom stereocenters. The van der Waals surface area contributed by atoms with Crippen molar-refractivity contribution in [2.45, 2.75) is 19.4 Å². The van der Waals surface area contributed by atoms with Crippen molar-refractivity contribution in [2.24, 2.45) is 0 Å². The van der Waals surface area contributed by atoms with E-state index in [0.29, 0.717) is 12.1 Å². The summed E-state index contributed by atoms with van der Waals surface area (Å²) in [6, 6.07) is 11.8. The summed E-state index contributed by atoms with van der Waals surface area (Å²) >= 11 is 0. The lowest BCUT2D eigenvalue weighted by Crippen LogP contribution is -2.00. The zero-order chi connectivity index (χ0) is 13.2. The lowest BCUT2D eigenvalue weighted by Gasteiger charge is -2.08. The molecular weight excluding hydrogens is 238 g/mol. The van der Waals surface area contributed by atoms with Crippen molar-refractivity contribution >= 4 is 11.0 Å². The average Bonchev–Trinajstić information content (AvgIpc) is 2.90. The Morgan fingerprint density at radius 1 is 1.16 bits per heavy atom. The molecule has 0 aliphatic rings. The van der Waals surface area contributed by atoms with Crippen molar-refractivity contribution in [2.75, 3.05) is 0 Å². The van der Waals surface area contributed by atoms with Crippen LogP contribution < -0.4 is 0 Å². The molecule has 0 saturated carbocycles. The molecule has 2 heterocycles.